The lowest BCUT2D eigenvalue weighted by Crippen LogP contribution is -2.42. The van der Waals surface area contributed by atoms with E-state index in [9.17, 15) is 5.11 Å². The van der Waals surface area contributed by atoms with E-state index in [1.807, 2.05) is 42.6 Å². The van der Waals surface area contributed by atoms with Gasteiger partial charge < -0.3 is 14.7 Å². The number of pyridine rings is 1. The number of aliphatic hydroxyl groups is 1. The predicted molar refractivity (Wildman–Crippen MR) is 142 cm³/mol. The number of hydrogen-bond donors (Lipinski definition) is 1. The molecule has 1 saturated heterocycles. The van der Waals surface area contributed by atoms with Crippen molar-refractivity contribution in [3.8, 4) is 5.75 Å². The van der Waals surface area contributed by atoms with Gasteiger partial charge >= 0.3 is 0 Å². The fraction of sp³-hybridized carbons (Fsp3) is 0.300. The molecule has 0 radical (unpaired) electrons. The fourth-order valence-corrected chi connectivity index (χ4v) is 5.23. The number of fused-ring (bicyclic) bond motifs is 2. The first-order valence-corrected chi connectivity index (χ1v) is 12.7. The first-order valence-electron chi connectivity index (χ1n) is 12.3. The van der Waals surface area contributed by atoms with E-state index in [0.717, 1.165) is 73.5 Å². The third kappa shape index (κ3) is 5.20. The highest BCUT2D eigenvalue weighted by molar-refractivity contribution is 6.30. The number of benzene rings is 2. The highest BCUT2D eigenvalue weighted by atomic mass is 35.5. The van der Waals surface area contributed by atoms with Gasteiger partial charge in [-0.05, 0) is 72.7 Å². The third-order valence-electron chi connectivity index (χ3n) is 7.12. The Kier molecular flexibility index (Phi) is 7.05. The van der Waals surface area contributed by atoms with E-state index in [4.69, 9.17) is 16.3 Å². The average molecular weight is 487 g/mol. The number of nitrogens with zero attached hydrogens (tertiary/aromatic N) is 2. The van der Waals surface area contributed by atoms with Crippen LogP contribution < -0.4 is 4.74 Å². The molecule has 0 atom stereocenters. The smallest absolute Gasteiger partial charge is 0.131 e. The van der Waals surface area contributed by atoms with Crippen LogP contribution in [0.3, 0.4) is 0 Å². The molecule has 1 aromatic heterocycles. The summed E-state index contributed by atoms with van der Waals surface area (Å²) in [7, 11) is 0. The van der Waals surface area contributed by atoms with Gasteiger partial charge in [0, 0.05) is 42.0 Å². The van der Waals surface area contributed by atoms with Gasteiger partial charge in [-0.3, -0.25) is 4.98 Å². The second-order valence-corrected chi connectivity index (χ2v) is 9.83. The highest BCUT2D eigenvalue weighted by Crippen LogP contribution is 2.37. The van der Waals surface area contributed by atoms with Crippen LogP contribution in [-0.4, -0.2) is 34.6 Å². The number of aromatic nitrogens is 1. The number of likely N-dealkylation sites (tertiary alicyclic amines) is 1. The third-order valence-corrected chi connectivity index (χ3v) is 7.37. The predicted octanol–water partition coefficient (Wildman–Crippen LogP) is 6.16. The lowest BCUT2D eigenvalue weighted by atomic mass is 9.84. The van der Waals surface area contributed by atoms with Crippen LogP contribution >= 0.6 is 11.6 Å². The number of halogens is 1. The average Bonchev–Trinajstić information content (AvgIpc) is 3.03. The highest BCUT2D eigenvalue weighted by Gasteiger charge is 2.33. The lowest BCUT2D eigenvalue weighted by molar-refractivity contribution is -0.0254. The van der Waals surface area contributed by atoms with E-state index < -0.39 is 5.60 Å². The van der Waals surface area contributed by atoms with E-state index in [0.29, 0.717) is 11.6 Å². The van der Waals surface area contributed by atoms with Crippen LogP contribution in [0.4, 0.5) is 0 Å². The largest absolute Gasteiger partial charge is 0.487 e. The fourth-order valence-electron chi connectivity index (χ4n) is 5.10. The first kappa shape index (κ1) is 23.8. The Morgan fingerprint density at radius 2 is 1.89 bits per heavy atom. The van der Waals surface area contributed by atoms with Crippen molar-refractivity contribution in [2.45, 2.75) is 37.9 Å². The molecule has 5 heteroatoms. The molecule has 0 saturated carbocycles. The molecule has 0 unspecified atom stereocenters. The number of allylic oxidation sites excluding steroid dienone is 1. The maximum Gasteiger partial charge on any atom is 0.131 e. The number of piperidine rings is 1. The van der Waals surface area contributed by atoms with Gasteiger partial charge in [-0.2, -0.15) is 0 Å². The second-order valence-electron chi connectivity index (χ2n) is 9.40. The SMILES string of the molecule is C=CCc1ccc2c(c1)C(=CCCN1CCC(O)(c3ccc(Cl)cc3)CC1)c1cccnc1CO2. The minimum absolute atomic E-state index is 0.469. The molecule has 3 heterocycles. The molecule has 0 bridgehead atoms. The lowest BCUT2D eigenvalue weighted by Gasteiger charge is -2.38. The molecule has 0 aliphatic carbocycles. The topological polar surface area (TPSA) is 45.6 Å². The Morgan fingerprint density at radius 3 is 2.66 bits per heavy atom. The Bertz CT molecular complexity index is 1230. The van der Waals surface area contributed by atoms with Crippen molar-refractivity contribution in [3.63, 3.8) is 0 Å². The quantitative estimate of drug-likeness (QED) is 0.424. The van der Waals surface area contributed by atoms with Gasteiger partial charge in [-0.25, -0.2) is 0 Å². The van der Waals surface area contributed by atoms with E-state index in [-0.39, 0.29) is 0 Å². The maximum atomic E-state index is 11.2. The van der Waals surface area contributed by atoms with Crippen LogP contribution in [0, 0.1) is 0 Å². The van der Waals surface area contributed by atoms with Crippen molar-refractivity contribution in [1.29, 1.82) is 0 Å². The molecular weight excluding hydrogens is 456 g/mol. The summed E-state index contributed by atoms with van der Waals surface area (Å²) < 4.78 is 6.13. The Hall–Kier alpha value is -2.92. The van der Waals surface area contributed by atoms with Gasteiger partial charge in [0.2, 0.25) is 0 Å². The summed E-state index contributed by atoms with van der Waals surface area (Å²) in [6.45, 7) is 7.03. The van der Waals surface area contributed by atoms with E-state index in [1.54, 1.807) is 0 Å². The number of rotatable bonds is 6. The summed E-state index contributed by atoms with van der Waals surface area (Å²) in [4.78, 5) is 7.03. The molecule has 0 spiro atoms. The summed E-state index contributed by atoms with van der Waals surface area (Å²) in [5, 5.41) is 11.9. The summed E-state index contributed by atoms with van der Waals surface area (Å²) in [5.41, 5.74) is 5.80. The van der Waals surface area contributed by atoms with E-state index in [2.05, 4.69) is 46.8 Å². The molecule has 1 N–H and O–H groups in total. The molecule has 180 valence electrons. The minimum Gasteiger partial charge on any atom is -0.487 e. The zero-order valence-electron chi connectivity index (χ0n) is 19.9. The van der Waals surface area contributed by atoms with E-state index >= 15 is 0 Å². The van der Waals surface area contributed by atoms with Gasteiger partial charge in [-0.1, -0.05) is 48.0 Å². The molecule has 5 rings (SSSR count). The molecule has 3 aromatic rings. The zero-order chi connectivity index (χ0) is 24.3. The minimum atomic E-state index is -0.775. The summed E-state index contributed by atoms with van der Waals surface area (Å²) in [6.07, 6.45) is 9.26. The molecule has 1 fully saturated rings. The van der Waals surface area contributed by atoms with Crippen LogP contribution in [0.1, 0.15) is 47.2 Å². The van der Waals surface area contributed by atoms with E-state index in [1.165, 1.54) is 11.1 Å². The van der Waals surface area contributed by atoms with Crippen molar-refractivity contribution in [2.24, 2.45) is 0 Å². The number of ether oxygens (including phenoxy) is 1. The normalized spacial score (nSPS) is 18.3. The van der Waals surface area contributed by atoms with Gasteiger partial charge in [0.05, 0.1) is 11.3 Å². The van der Waals surface area contributed by atoms with Crippen LogP contribution in [0.15, 0.2) is 79.5 Å². The molecule has 2 aliphatic rings. The monoisotopic (exact) mass is 486 g/mol. The molecule has 4 nitrogen and oxygen atoms in total. The Balaban J connectivity index is 1.32. The van der Waals surface area contributed by atoms with Crippen molar-refractivity contribution < 1.29 is 9.84 Å². The van der Waals surface area contributed by atoms with Crippen LogP contribution in [0.25, 0.3) is 5.57 Å². The van der Waals surface area contributed by atoms with Crippen molar-refractivity contribution in [1.82, 2.24) is 9.88 Å². The van der Waals surface area contributed by atoms with Crippen molar-refractivity contribution in [3.05, 3.63) is 112 Å². The molecular formula is C30H31ClN2O2. The maximum absolute atomic E-state index is 11.2. The summed E-state index contributed by atoms with van der Waals surface area (Å²) in [5.74, 6) is 0.896. The molecule has 2 aliphatic heterocycles. The molecule has 2 aromatic carbocycles. The standard InChI is InChI=1S/C30H31ClN2O2/c1-2-5-22-8-13-29-27(20-22)25(26-6-3-16-32-28(26)21-35-29)7-4-17-33-18-14-30(34,15-19-33)23-9-11-24(31)12-10-23/h2-3,6-13,16,20,34H,1,4-5,14-15,17-19,21H2. The van der Waals surface area contributed by atoms with Crippen LogP contribution in [0.5, 0.6) is 5.75 Å². The van der Waals surface area contributed by atoms with Gasteiger partial charge in [0.25, 0.3) is 0 Å². The second kappa shape index (κ2) is 10.4. The van der Waals surface area contributed by atoms with Gasteiger partial charge in [-0.15, -0.1) is 6.58 Å². The van der Waals surface area contributed by atoms with Crippen molar-refractivity contribution in [2.75, 3.05) is 19.6 Å². The van der Waals surface area contributed by atoms with Crippen LogP contribution in [0.2, 0.25) is 5.02 Å². The Labute approximate surface area is 212 Å². The zero-order valence-corrected chi connectivity index (χ0v) is 20.7. The molecule has 35 heavy (non-hydrogen) atoms. The summed E-state index contributed by atoms with van der Waals surface area (Å²) in [6, 6.07) is 18.1. The van der Waals surface area contributed by atoms with Gasteiger partial charge in [0.15, 0.2) is 0 Å². The Morgan fingerprint density at radius 1 is 1.09 bits per heavy atom. The molecule has 0 amide bonds. The summed E-state index contributed by atoms with van der Waals surface area (Å²) >= 11 is 6.03. The van der Waals surface area contributed by atoms with Gasteiger partial charge in [0.1, 0.15) is 12.4 Å². The number of hydrogen-bond acceptors (Lipinski definition) is 4. The van der Waals surface area contributed by atoms with Crippen molar-refractivity contribution >= 4 is 17.2 Å². The van der Waals surface area contributed by atoms with Crippen LogP contribution in [-0.2, 0) is 18.6 Å². The first-order chi connectivity index (χ1) is 17.1.